The van der Waals surface area contributed by atoms with Crippen molar-refractivity contribution in [3.05, 3.63) is 45.9 Å². The summed E-state index contributed by atoms with van der Waals surface area (Å²) in [5.74, 6) is 1.31. The third-order valence-corrected chi connectivity index (χ3v) is 7.92. The molecular weight excluding hydrogens is 533 g/mol. The summed E-state index contributed by atoms with van der Waals surface area (Å²) >= 11 is 11.0. The molecule has 0 saturated carbocycles. The number of benzene rings is 1. The first-order valence-electron chi connectivity index (χ1n) is 10.1. The SMILES string of the molecule is Cc1cc(Sc2nnnn2CCN(C)C)n2nc(SCc3csc4ccc(Cl)cc34)nc2n1.Cl. The third-order valence-electron chi connectivity index (χ3n) is 4.81. The van der Waals surface area contributed by atoms with Crippen molar-refractivity contribution >= 4 is 74.7 Å². The lowest BCUT2D eigenvalue weighted by molar-refractivity contribution is 0.361. The highest BCUT2D eigenvalue weighted by molar-refractivity contribution is 7.99. The highest BCUT2D eigenvalue weighted by Gasteiger charge is 2.16. The second-order valence-electron chi connectivity index (χ2n) is 7.62. The summed E-state index contributed by atoms with van der Waals surface area (Å²) in [7, 11) is 4.05. The lowest BCUT2D eigenvalue weighted by atomic mass is 10.2. The molecule has 0 saturated heterocycles. The van der Waals surface area contributed by atoms with Gasteiger partial charge in [0.25, 0.3) is 5.78 Å². The molecule has 0 aliphatic rings. The van der Waals surface area contributed by atoms with E-state index in [4.69, 9.17) is 16.7 Å². The summed E-state index contributed by atoms with van der Waals surface area (Å²) in [6, 6.07) is 7.97. The zero-order valence-corrected chi connectivity index (χ0v) is 22.6. The minimum absolute atomic E-state index is 0. The molecule has 0 fully saturated rings. The average molecular weight is 555 g/mol. The van der Waals surface area contributed by atoms with Crippen LogP contribution in [0.3, 0.4) is 0 Å². The summed E-state index contributed by atoms with van der Waals surface area (Å²) in [6.45, 7) is 3.49. The van der Waals surface area contributed by atoms with Crippen LogP contribution in [0.15, 0.2) is 45.0 Å². The standard InChI is InChI=1S/C20H20ClN9S3.ClH/c1-12-8-17(33-20-24-26-27-29(20)7-6-28(2)3)30-18(22-12)23-19(25-30)32-11-13-10-31-16-5-4-14(21)9-15(13)16;/h4-5,8-10H,6-7,11H2,1-3H3;1H. The molecule has 4 aromatic heterocycles. The van der Waals surface area contributed by atoms with Gasteiger partial charge in [0.1, 0.15) is 5.03 Å². The van der Waals surface area contributed by atoms with Crippen LogP contribution < -0.4 is 0 Å². The minimum Gasteiger partial charge on any atom is -0.308 e. The maximum absolute atomic E-state index is 6.20. The number of nitrogens with zero attached hydrogens (tertiary/aromatic N) is 9. The van der Waals surface area contributed by atoms with Crippen molar-refractivity contribution in [2.45, 2.75) is 34.6 Å². The lowest BCUT2D eigenvalue weighted by Crippen LogP contribution is -2.19. The van der Waals surface area contributed by atoms with Gasteiger partial charge in [-0.2, -0.15) is 9.50 Å². The first-order chi connectivity index (χ1) is 16.0. The Kier molecular flexibility index (Phi) is 7.95. The summed E-state index contributed by atoms with van der Waals surface area (Å²) in [5.41, 5.74) is 2.08. The molecule has 0 unspecified atom stereocenters. The lowest BCUT2D eigenvalue weighted by Gasteiger charge is -2.10. The van der Waals surface area contributed by atoms with Crippen LogP contribution in [0.1, 0.15) is 11.3 Å². The Morgan fingerprint density at radius 1 is 1.18 bits per heavy atom. The molecule has 0 aliphatic heterocycles. The van der Waals surface area contributed by atoms with E-state index in [9.17, 15) is 0 Å². The number of hydrogen-bond donors (Lipinski definition) is 0. The Balaban J connectivity index is 0.00000274. The second kappa shape index (κ2) is 10.8. The molecule has 1 aromatic carbocycles. The van der Waals surface area contributed by atoms with Gasteiger partial charge in [0.15, 0.2) is 0 Å². The van der Waals surface area contributed by atoms with Crippen molar-refractivity contribution in [3.63, 3.8) is 0 Å². The van der Waals surface area contributed by atoms with Gasteiger partial charge in [0.05, 0.1) is 6.54 Å². The number of likely N-dealkylation sites (N-methyl/N-ethyl adjacent to an activating group) is 1. The van der Waals surface area contributed by atoms with Gasteiger partial charge in [-0.05, 0) is 83.8 Å². The van der Waals surface area contributed by atoms with Crippen molar-refractivity contribution in [2.24, 2.45) is 0 Å². The van der Waals surface area contributed by atoms with Crippen LogP contribution in [-0.2, 0) is 12.3 Å². The molecular formula is C20H21Cl2N9S3. The zero-order valence-electron chi connectivity index (χ0n) is 18.5. The molecule has 4 heterocycles. The van der Waals surface area contributed by atoms with Gasteiger partial charge >= 0.3 is 0 Å². The number of aromatic nitrogens is 8. The molecule has 0 atom stereocenters. The summed E-state index contributed by atoms with van der Waals surface area (Å²) in [6.07, 6.45) is 0. The van der Waals surface area contributed by atoms with Crippen LogP contribution in [0.2, 0.25) is 5.02 Å². The van der Waals surface area contributed by atoms with E-state index in [0.29, 0.717) is 22.6 Å². The van der Waals surface area contributed by atoms with E-state index in [1.165, 1.54) is 27.4 Å². The van der Waals surface area contributed by atoms with Gasteiger partial charge in [0.2, 0.25) is 10.3 Å². The molecule has 178 valence electrons. The van der Waals surface area contributed by atoms with Gasteiger partial charge in [-0.1, -0.05) is 23.4 Å². The summed E-state index contributed by atoms with van der Waals surface area (Å²) in [5, 5.41) is 23.2. The van der Waals surface area contributed by atoms with Crippen molar-refractivity contribution in [2.75, 3.05) is 20.6 Å². The predicted molar refractivity (Wildman–Crippen MR) is 140 cm³/mol. The summed E-state index contributed by atoms with van der Waals surface area (Å²) in [4.78, 5) is 11.3. The van der Waals surface area contributed by atoms with Gasteiger partial charge in [-0.3, -0.25) is 0 Å². The van der Waals surface area contributed by atoms with Crippen LogP contribution in [0.4, 0.5) is 0 Å². The Hall–Kier alpha value is -1.96. The first-order valence-corrected chi connectivity index (χ1v) is 13.1. The van der Waals surface area contributed by atoms with Crippen LogP contribution in [0.5, 0.6) is 0 Å². The third kappa shape index (κ3) is 5.47. The molecule has 0 bridgehead atoms. The van der Waals surface area contributed by atoms with Gasteiger partial charge in [0, 0.05) is 27.7 Å². The van der Waals surface area contributed by atoms with Crippen LogP contribution in [0, 0.1) is 6.92 Å². The van der Waals surface area contributed by atoms with Gasteiger partial charge in [-0.15, -0.1) is 33.9 Å². The highest BCUT2D eigenvalue weighted by Crippen LogP contribution is 2.33. The molecule has 0 N–H and O–H groups in total. The highest BCUT2D eigenvalue weighted by atomic mass is 35.5. The Labute approximate surface area is 219 Å². The fourth-order valence-electron chi connectivity index (χ4n) is 3.18. The normalized spacial score (nSPS) is 11.6. The quantitative estimate of drug-likeness (QED) is 0.200. The molecule has 0 aliphatic carbocycles. The van der Waals surface area contributed by atoms with E-state index in [0.717, 1.165) is 28.0 Å². The van der Waals surface area contributed by atoms with Crippen molar-refractivity contribution in [1.29, 1.82) is 0 Å². The van der Waals surface area contributed by atoms with Crippen LogP contribution in [-0.4, -0.2) is 65.3 Å². The molecule has 14 heteroatoms. The van der Waals surface area contributed by atoms with E-state index in [2.05, 4.69) is 41.8 Å². The second-order valence-corrected chi connectivity index (χ2v) is 10.9. The molecule has 5 aromatic rings. The Bertz CT molecular complexity index is 1430. The number of rotatable bonds is 8. The van der Waals surface area contributed by atoms with Crippen molar-refractivity contribution < 1.29 is 0 Å². The van der Waals surface area contributed by atoms with Gasteiger partial charge < -0.3 is 4.90 Å². The van der Waals surface area contributed by atoms with E-state index < -0.39 is 0 Å². The largest absolute Gasteiger partial charge is 0.308 e. The van der Waals surface area contributed by atoms with E-state index >= 15 is 0 Å². The number of hydrogen-bond acceptors (Lipinski definition) is 10. The number of thioether (sulfide) groups is 1. The fourth-order valence-corrected chi connectivity index (χ4v) is 6.14. The molecule has 0 amide bonds. The molecule has 9 nitrogen and oxygen atoms in total. The number of fused-ring (bicyclic) bond motifs is 2. The molecule has 0 radical (unpaired) electrons. The minimum atomic E-state index is 0. The Morgan fingerprint density at radius 2 is 2.03 bits per heavy atom. The average Bonchev–Trinajstić information content (AvgIpc) is 3.49. The fraction of sp³-hybridized carbons (Fsp3) is 0.300. The maximum Gasteiger partial charge on any atom is 0.254 e. The van der Waals surface area contributed by atoms with Crippen LogP contribution in [0.25, 0.3) is 15.9 Å². The monoisotopic (exact) mass is 553 g/mol. The zero-order chi connectivity index (χ0) is 22.9. The molecule has 5 rings (SSSR count). The van der Waals surface area contributed by atoms with E-state index in [1.807, 2.05) is 39.2 Å². The smallest absolute Gasteiger partial charge is 0.254 e. The summed E-state index contributed by atoms with van der Waals surface area (Å²) < 4.78 is 4.78. The number of halogens is 2. The van der Waals surface area contributed by atoms with E-state index in [1.54, 1.807) is 32.3 Å². The van der Waals surface area contributed by atoms with Crippen molar-refractivity contribution in [3.8, 4) is 0 Å². The maximum atomic E-state index is 6.20. The van der Waals surface area contributed by atoms with E-state index in [-0.39, 0.29) is 12.4 Å². The molecule has 0 spiro atoms. The number of thiophene rings is 1. The number of tetrazole rings is 1. The number of aryl methyl sites for hydroxylation is 1. The van der Waals surface area contributed by atoms with Crippen LogP contribution >= 0.6 is 58.9 Å². The first kappa shape index (κ1) is 25.1. The molecule has 34 heavy (non-hydrogen) atoms. The Morgan fingerprint density at radius 3 is 2.85 bits per heavy atom. The van der Waals surface area contributed by atoms with Gasteiger partial charge in [-0.25, -0.2) is 9.67 Å². The predicted octanol–water partition coefficient (Wildman–Crippen LogP) is 4.71. The topological polar surface area (TPSA) is 89.9 Å². The van der Waals surface area contributed by atoms with Crippen molar-refractivity contribution in [1.82, 2.24) is 44.7 Å².